The normalized spacial score (nSPS) is 17.6. The van der Waals surface area contributed by atoms with E-state index in [0.29, 0.717) is 34.8 Å². The first-order chi connectivity index (χ1) is 19.1. The molecule has 10 heteroatoms. The molecule has 2 fully saturated rings. The second kappa shape index (κ2) is 10.3. The molecule has 0 N–H and O–H groups in total. The summed E-state index contributed by atoms with van der Waals surface area (Å²) >= 11 is 6.95. The SMILES string of the molecule is Cn1cc2c(Cl)c(-c3cn(COCC[Si](C)(C)C)c4nc(N5CCC6(CCCC6)CC5)n(C)c(=O)c34)ccc2n1. The Labute approximate surface area is 241 Å². The molecular formula is C30H41ClN6O2Si. The molecule has 0 atom stereocenters. The third-order valence-corrected chi connectivity index (χ3v) is 11.2. The number of benzene rings is 1. The van der Waals surface area contributed by atoms with Crippen molar-refractivity contribution < 1.29 is 4.74 Å². The standard InChI is InChI=1S/C30H41ClN6O2Si/c1-34-18-23-24(33-34)9-8-21(26(23)31)22-19-37(20-39-16-17-40(3,4)5)27-25(22)28(38)35(2)29(32-27)36-14-12-30(13-15-36)10-6-7-11-30/h8-9,18-19H,6-7,10-17,20H2,1-5H3. The maximum atomic E-state index is 14.1. The van der Waals surface area contributed by atoms with Gasteiger partial charge in [0.2, 0.25) is 5.95 Å². The Hall–Kier alpha value is -2.62. The minimum Gasteiger partial charge on any atom is -0.361 e. The second-order valence-electron chi connectivity index (χ2n) is 13.2. The number of aromatic nitrogens is 5. The molecule has 6 rings (SSSR count). The van der Waals surface area contributed by atoms with Gasteiger partial charge in [-0.1, -0.05) is 50.1 Å². The van der Waals surface area contributed by atoms with Crippen molar-refractivity contribution in [1.82, 2.24) is 23.9 Å². The number of rotatable bonds is 7. The molecule has 0 bridgehead atoms. The average Bonchev–Trinajstić information content (AvgIpc) is 3.62. The Bertz CT molecular complexity index is 1620. The van der Waals surface area contributed by atoms with Crippen molar-refractivity contribution in [2.24, 2.45) is 19.5 Å². The number of hydrogen-bond donors (Lipinski definition) is 0. The van der Waals surface area contributed by atoms with E-state index < -0.39 is 8.07 Å². The summed E-state index contributed by atoms with van der Waals surface area (Å²) in [4.78, 5) is 21.6. The van der Waals surface area contributed by atoms with Gasteiger partial charge in [-0.3, -0.25) is 14.0 Å². The molecule has 0 radical (unpaired) electrons. The number of aryl methyl sites for hydroxylation is 1. The van der Waals surface area contributed by atoms with Crippen LogP contribution in [-0.2, 0) is 25.6 Å². The first-order valence-electron chi connectivity index (χ1n) is 14.6. The van der Waals surface area contributed by atoms with Gasteiger partial charge in [-0.15, -0.1) is 0 Å². The van der Waals surface area contributed by atoms with Crippen LogP contribution in [0.1, 0.15) is 38.5 Å². The maximum absolute atomic E-state index is 14.1. The van der Waals surface area contributed by atoms with E-state index in [-0.39, 0.29) is 5.56 Å². The Morgan fingerprint density at radius 2 is 1.75 bits per heavy atom. The quantitative estimate of drug-likeness (QED) is 0.186. The number of hydrogen-bond acceptors (Lipinski definition) is 5. The highest BCUT2D eigenvalue weighted by molar-refractivity contribution is 6.76. The third kappa shape index (κ3) is 5.01. The molecule has 1 spiro atoms. The van der Waals surface area contributed by atoms with E-state index in [4.69, 9.17) is 21.3 Å². The van der Waals surface area contributed by atoms with Gasteiger partial charge in [0, 0.05) is 70.8 Å². The lowest BCUT2D eigenvalue weighted by Crippen LogP contribution is -2.41. The van der Waals surface area contributed by atoms with Gasteiger partial charge in [0.1, 0.15) is 6.73 Å². The lowest BCUT2D eigenvalue weighted by Gasteiger charge is -2.40. The number of piperidine rings is 1. The molecule has 2 aliphatic rings. The fraction of sp³-hybridized carbons (Fsp3) is 0.567. The zero-order chi connectivity index (χ0) is 28.2. The van der Waals surface area contributed by atoms with E-state index in [2.05, 4.69) is 29.6 Å². The van der Waals surface area contributed by atoms with Gasteiger partial charge in [-0.2, -0.15) is 10.1 Å². The first-order valence-corrected chi connectivity index (χ1v) is 18.7. The zero-order valence-electron chi connectivity index (χ0n) is 24.5. The van der Waals surface area contributed by atoms with Crippen LogP contribution in [0, 0.1) is 5.41 Å². The third-order valence-electron chi connectivity index (χ3n) is 9.10. The summed E-state index contributed by atoms with van der Waals surface area (Å²) in [7, 11) is 2.51. The lowest BCUT2D eigenvalue weighted by atomic mass is 9.77. The molecule has 214 valence electrons. The van der Waals surface area contributed by atoms with Crippen LogP contribution >= 0.6 is 11.6 Å². The monoisotopic (exact) mass is 580 g/mol. The number of nitrogens with zero attached hydrogens (tertiary/aromatic N) is 6. The van der Waals surface area contributed by atoms with Crippen molar-refractivity contribution in [3.63, 3.8) is 0 Å². The van der Waals surface area contributed by atoms with E-state index >= 15 is 0 Å². The second-order valence-corrected chi connectivity index (χ2v) is 19.2. The highest BCUT2D eigenvalue weighted by Gasteiger charge is 2.38. The van der Waals surface area contributed by atoms with E-state index in [9.17, 15) is 4.79 Å². The van der Waals surface area contributed by atoms with Gasteiger partial charge in [0.15, 0.2) is 5.65 Å². The maximum Gasteiger partial charge on any atom is 0.264 e. The van der Waals surface area contributed by atoms with Crippen molar-refractivity contribution in [1.29, 1.82) is 0 Å². The van der Waals surface area contributed by atoms with Crippen molar-refractivity contribution in [3.8, 4) is 11.1 Å². The number of anilines is 1. The van der Waals surface area contributed by atoms with Crippen LogP contribution in [0.5, 0.6) is 0 Å². The smallest absolute Gasteiger partial charge is 0.264 e. The van der Waals surface area contributed by atoms with E-state index in [1.165, 1.54) is 38.5 Å². The summed E-state index contributed by atoms with van der Waals surface area (Å²) in [5.41, 5.74) is 3.51. The van der Waals surface area contributed by atoms with Gasteiger partial charge in [-0.05, 0) is 43.2 Å². The molecular weight excluding hydrogens is 540 g/mol. The molecule has 4 aromatic rings. The topological polar surface area (TPSA) is 70.1 Å². The number of ether oxygens (including phenoxy) is 1. The van der Waals surface area contributed by atoms with Crippen molar-refractivity contribution in [3.05, 3.63) is 39.9 Å². The van der Waals surface area contributed by atoms with E-state index in [0.717, 1.165) is 47.1 Å². The molecule has 0 amide bonds. The molecule has 4 heterocycles. The van der Waals surface area contributed by atoms with Crippen LogP contribution in [0.25, 0.3) is 33.1 Å². The molecule has 3 aromatic heterocycles. The van der Waals surface area contributed by atoms with E-state index in [1.807, 2.05) is 43.2 Å². The van der Waals surface area contributed by atoms with Crippen molar-refractivity contribution >= 4 is 47.6 Å². The molecule has 40 heavy (non-hydrogen) atoms. The van der Waals surface area contributed by atoms with Crippen molar-refractivity contribution in [2.75, 3.05) is 24.6 Å². The summed E-state index contributed by atoms with van der Waals surface area (Å²) in [6.45, 7) is 9.96. The molecule has 1 aliphatic heterocycles. The summed E-state index contributed by atoms with van der Waals surface area (Å²) in [5, 5.41) is 6.53. The molecule has 1 saturated heterocycles. The summed E-state index contributed by atoms with van der Waals surface area (Å²) in [5.74, 6) is 0.743. The highest BCUT2D eigenvalue weighted by Crippen LogP contribution is 2.46. The van der Waals surface area contributed by atoms with Gasteiger partial charge >= 0.3 is 0 Å². The minimum atomic E-state index is -1.23. The fourth-order valence-electron chi connectivity index (χ4n) is 6.62. The van der Waals surface area contributed by atoms with Gasteiger partial charge in [0.05, 0.1) is 15.9 Å². The number of halogens is 1. The predicted octanol–water partition coefficient (Wildman–Crippen LogP) is 6.42. The summed E-state index contributed by atoms with van der Waals surface area (Å²) < 4.78 is 11.6. The molecule has 0 unspecified atom stereocenters. The first kappa shape index (κ1) is 27.5. The predicted molar refractivity (Wildman–Crippen MR) is 166 cm³/mol. The van der Waals surface area contributed by atoms with E-state index in [1.54, 1.807) is 9.25 Å². The summed E-state index contributed by atoms with van der Waals surface area (Å²) in [6, 6.07) is 5.00. The van der Waals surface area contributed by atoms with Crippen LogP contribution in [0.15, 0.2) is 29.3 Å². The Morgan fingerprint density at radius 1 is 1.02 bits per heavy atom. The molecule has 8 nitrogen and oxygen atoms in total. The largest absolute Gasteiger partial charge is 0.361 e. The van der Waals surface area contributed by atoms with Crippen molar-refractivity contribution in [2.45, 2.75) is 70.9 Å². The van der Waals surface area contributed by atoms with Gasteiger partial charge < -0.3 is 14.2 Å². The Kier molecular flexibility index (Phi) is 7.11. The molecule has 1 aromatic carbocycles. The van der Waals surface area contributed by atoms with Crippen LogP contribution in [0.4, 0.5) is 5.95 Å². The number of fused-ring (bicyclic) bond motifs is 2. The fourth-order valence-corrected chi connectivity index (χ4v) is 7.69. The highest BCUT2D eigenvalue weighted by atomic mass is 35.5. The Morgan fingerprint density at radius 3 is 2.45 bits per heavy atom. The Balaban J connectivity index is 1.43. The molecule has 1 saturated carbocycles. The zero-order valence-corrected chi connectivity index (χ0v) is 26.2. The van der Waals surface area contributed by atoms with Crippen LogP contribution in [0.3, 0.4) is 0 Å². The average molecular weight is 581 g/mol. The van der Waals surface area contributed by atoms with Gasteiger partial charge in [0.25, 0.3) is 5.56 Å². The van der Waals surface area contributed by atoms with Crippen LogP contribution in [-0.4, -0.2) is 51.7 Å². The van der Waals surface area contributed by atoms with Gasteiger partial charge in [-0.25, -0.2) is 0 Å². The minimum absolute atomic E-state index is 0.0562. The van der Waals surface area contributed by atoms with Crippen LogP contribution < -0.4 is 10.5 Å². The summed E-state index contributed by atoms with van der Waals surface area (Å²) in [6.07, 6.45) is 11.6. The molecule has 1 aliphatic carbocycles. The lowest BCUT2D eigenvalue weighted by molar-refractivity contribution is 0.0899. The van der Waals surface area contributed by atoms with Crippen LogP contribution in [0.2, 0.25) is 30.7 Å².